The highest BCUT2D eigenvalue weighted by Crippen LogP contribution is 2.39. The van der Waals surface area contributed by atoms with Gasteiger partial charge in [-0.1, -0.05) is 11.6 Å². The predicted octanol–water partition coefficient (Wildman–Crippen LogP) is 4.92. The quantitative estimate of drug-likeness (QED) is 0.634. The van der Waals surface area contributed by atoms with Gasteiger partial charge in [-0.25, -0.2) is 8.78 Å². The van der Waals surface area contributed by atoms with Gasteiger partial charge < -0.3 is 9.84 Å². The first-order chi connectivity index (χ1) is 12.2. The minimum atomic E-state index is -2.67. The molecule has 2 aromatic heterocycles. The fourth-order valence-electron chi connectivity index (χ4n) is 2.62. The van der Waals surface area contributed by atoms with Gasteiger partial charge in [0, 0.05) is 12.3 Å². The number of aromatic hydroxyl groups is 1. The maximum atomic E-state index is 12.9. The lowest BCUT2D eigenvalue weighted by atomic mass is 10.2. The van der Waals surface area contributed by atoms with Crippen LogP contribution in [0, 0.1) is 6.92 Å². The molecule has 0 aliphatic heterocycles. The molecule has 3 rings (SSSR count). The van der Waals surface area contributed by atoms with Crippen LogP contribution in [0.2, 0.25) is 5.02 Å². The van der Waals surface area contributed by atoms with Gasteiger partial charge in [-0.05, 0) is 31.2 Å². The molecule has 5 nitrogen and oxygen atoms in total. The van der Waals surface area contributed by atoms with Crippen LogP contribution in [0.3, 0.4) is 0 Å². The number of aromatic nitrogens is 1. The monoisotopic (exact) mass is 399 g/mol. The molecule has 0 radical (unpaired) electrons. The van der Waals surface area contributed by atoms with E-state index < -0.39 is 18.3 Å². The van der Waals surface area contributed by atoms with Crippen molar-refractivity contribution in [3.8, 4) is 11.5 Å². The third kappa shape index (κ3) is 3.06. The number of phenolic OH excluding ortho intramolecular Hbond substituents is 1. The molecule has 26 heavy (non-hydrogen) atoms. The number of carbonyl (C=O) groups is 2. The van der Waals surface area contributed by atoms with Gasteiger partial charge in [0.25, 0.3) is 12.3 Å². The van der Waals surface area contributed by atoms with Crippen LogP contribution in [0.15, 0.2) is 24.3 Å². The van der Waals surface area contributed by atoms with Crippen molar-refractivity contribution in [2.75, 3.05) is 0 Å². The third-order valence-electron chi connectivity index (χ3n) is 3.72. The van der Waals surface area contributed by atoms with Crippen molar-refractivity contribution < 1.29 is 28.2 Å². The Labute approximate surface area is 155 Å². The molecule has 1 N–H and O–H groups in total. The molecule has 0 bridgehead atoms. The molecule has 1 aromatic carbocycles. The molecule has 0 aliphatic rings. The second-order valence-corrected chi connectivity index (χ2v) is 6.99. The van der Waals surface area contributed by atoms with E-state index in [0.717, 1.165) is 0 Å². The zero-order chi connectivity index (χ0) is 19.2. The Bertz CT molecular complexity index is 1040. The minimum absolute atomic E-state index is 0.00197. The highest BCUT2D eigenvalue weighted by Gasteiger charge is 2.25. The molecule has 0 spiro atoms. The number of ether oxygens (including phenoxy) is 1. The van der Waals surface area contributed by atoms with Crippen LogP contribution in [0.4, 0.5) is 8.78 Å². The van der Waals surface area contributed by atoms with Crippen LogP contribution in [0.5, 0.6) is 11.5 Å². The summed E-state index contributed by atoms with van der Waals surface area (Å²) < 4.78 is 32.0. The number of halogens is 3. The number of carbonyl (C=O) groups excluding carboxylic acids is 2. The van der Waals surface area contributed by atoms with Crippen LogP contribution >= 0.6 is 22.9 Å². The molecule has 0 fully saturated rings. The number of alkyl halides is 2. The lowest BCUT2D eigenvalue weighted by molar-refractivity contribution is -0.131. The van der Waals surface area contributed by atoms with E-state index in [0.29, 0.717) is 22.2 Å². The molecule has 3 aromatic rings. The average Bonchev–Trinajstić information content (AvgIpc) is 3.13. The number of fused-ring (bicyclic) bond motifs is 1. The van der Waals surface area contributed by atoms with Crippen LogP contribution in [-0.2, 0) is 4.79 Å². The predicted molar refractivity (Wildman–Crippen MR) is 93.7 cm³/mol. The van der Waals surface area contributed by atoms with Crippen LogP contribution in [-0.4, -0.2) is 21.6 Å². The normalized spacial score (nSPS) is 11.3. The lowest BCUT2D eigenvalue weighted by Crippen LogP contribution is -2.12. The number of thiophene rings is 1. The zero-order valence-electron chi connectivity index (χ0n) is 13.5. The van der Waals surface area contributed by atoms with Gasteiger partial charge in [-0.15, -0.1) is 11.3 Å². The van der Waals surface area contributed by atoms with Crippen molar-refractivity contribution in [1.82, 2.24) is 4.57 Å². The summed E-state index contributed by atoms with van der Waals surface area (Å²) in [5.74, 6) is -1.32. The fourth-order valence-corrected chi connectivity index (χ4v) is 3.58. The van der Waals surface area contributed by atoms with Crippen molar-refractivity contribution in [2.45, 2.75) is 20.3 Å². The van der Waals surface area contributed by atoms with Crippen molar-refractivity contribution in [3.05, 3.63) is 44.7 Å². The van der Waals surface area contributed by atoms with E-state index in [1.807, 2.05) is 0 Å². The minimum Gasteiger partial charge on any atom is -0.506 e. The number of rotatable bonds is 3. The molecule has 0 atom stereocenters. The third-order valence-corrected chi connectivity index (χ3v) is 5.10. The van der Waals surface area contributed by atoms with Gasteiger partial charge in [0.05, 0.1) is 26.0 Å². The Kier molecular flexibility index (Phi) is 4.72. The van der Waals surface area contributed by atoms with Gasteiger partial charge in [0.2, 0.25) is 0 Å². The summed E-state index contributed by atoms with van der Waals surface area (Å²) >= 11 is 6.63. The van der Waals surface area contributed by atoms with E-state index in [1.165, 1.54) is 35.8 Å². The Morgan fingerprint density at radius 2 is 2.00 bits per heavy atom. The highest BCUT2D eigenvalue weighted by atomic mass is 35.5. The summed E-state index contributed by atoms with van der Waals surface area (Å²) in [7, 11) is 0. The highest BCUT2D eigenvalue weighted by molar-refractivity contribution is 7.14. The van der Waals surface area contributed by atoms with E-state index in [4.69, 9.17) is 16.3 Å². The largest absolute Gasteiger partial charge is 0.506 e. The first-order valence-electron chi connectivity index (χ1n) is 7.35. The second-order valence-electron chi connectivity index (χ2n) is 5.47. The van der Waals surface area contributed by atoms with Crippen molar-refractivity contribution in [1.29, 1.82) is 0 Å². The fraction of sp³-hybridized carbons (Fsp3) is 0.176. The molecule has 9 heteroatoms. The molecular formula is C17H12ClF2NO4S. The number of hydrogen-bond acceptors (Lipinski definition) is 5. The molecule has 0 unspecified atom stereocenters. The molecular weight excluding hydrogens is 388 g/mol. The van der Waals surface area contributed by atoms with Gasteiger partial charge in [-0.3, -0.25) is 14.2 Å². The summed E-state index contributed by atoms with van der Waals surface area (Å²) in [6, 6.07) is 5.14. The van der Waals surface area contributed by atoms with E-state index in [2.05, 4.69) is 0 Å². The number of esters is 1. The van der Waals surface area contributed by atoms with Gasteiger partial charge in [-0.2, -0.15) is 0 Å². The SMILES string of the molecule is CC(=O)Oc1c(C)n(C(=O)c2ccc(C(F)F)s2)c2cc(Cl)c(O)cc12. The average molecular weight is 400 g/mol. The van der Waals surface area contributed by atoms with E-state index in [-0.39, 0.29) is 32.0 Å². The van der Waals surface area contributed by atoms with Crippen molar-refractivity contribution in [2.24, 2.45) is 0 Å². The van der Waals surface area contributed by atoms with Crippen LogP contribution < -0.4 is 4.74 Å². The molecule has 0 amide bonds. The first-order valence-corrected chi connectivity index (χ1v) is 8.54. The topological polar surface area (TPSA) is 68.5 Å². The second kappa shape index (κ2) is 6.69. The Balaban J connectivity index is 2.23. The number of nitrogens with zero attached hydrogens (tertiary/aromatic N) is 1. The van der Waals surface area contributed by atoms with Gasteiger partial charge in [0.15, 0.2) is 5.75 Å². The van der Waals surface area contributed by atoms with Gasteiger partial charge >= 0.3 is 5.97 Å². The van der Waals surface area contributed by atoms with Crippen molar-refractivity contribution >= 4 is 45.7 Å². The molecule has 2 heterocycles. The first kappa shape index (κ1) is 18.3. The lowest BCUT2D eigenvalue weighted by Gasteiger charge is -2.06. The zero-order valence-corrected chi connectivity index (χ0v) is 15.1. The Morgan fingerprint density at radius 3 is 2.58 bits per heavy atom. The van der Waals surface area contributed by atoms with Crippen LogP contribution in [0.1, 0.15) is 33.6 Å². The van der Waals surface area contributed by atoms with Crippen LogP contribution in [0.25, 0.3) is 10.9 Å². The van der Waals surface area contributed by atoms with Gasteiger partial charge in [0.1, 0.15) is 5.75 Å². The summed E-state index contributed by atoms with van der Waals surface area (Å²) in [4.78, 5) is 24.2. The summed E-state index contributed by atoms with van der Waals surface area (Å²) in [6.45, 7) is 2.75. The molecule has 136 valence electrons. The smallest absolute Gasteiger partial charge is 0.308 e. The number of phenols is 1. The van der Waals surface area contributed by atoms with E-state index >= 15 is 0 Å². The standard InChI is InChI=1S/C17H12ClF2NO4S/c1-7-15(25-8(2)22)9-5-12(23)10(18)6-11(9)21(7)17(24)14-4-3-13(26-14)16(19)20/h3-6,16,23H,1-2H3. The Hall–Kier alpha value is -2.45. The molecule has 0 aliphatic carbocycles. The number of benzene rings is 1. The van der Waals surface area contributed by atoms with E-state index in [1.54, 1.807) is 6.92 Å². The van der Waals surface area contributed by atoms with E-state index in [9.17, 15) is 23.5 Å². The summed E-state index contributed by atoms with van der Waals surface area (Å²) in [5.41, 5.74) is 0.576. The maximum Gasteiger partial charge on any atom is 0.308 e. The van der Waals surface area contributed by atoms with Crippen molar-refractivity contribution in [3.63, 3.8) is 0 Å². The Morgan fingerprint density at radius 1 is 1.31 bits per heavy atom. The summed E-state index contributed by atoms with van der Waals surface area (Å²) in [6.07, 6.45) is -2.67. The summed E-state index contributed by atoms with van der Waals surface area (Å²) in [5, 5.41) is 10.2. The molecule has 0 saturated heterocycles. The number of hydrogen-bond donors (Lipinski definition) is 1. The maximum absolute atomic E-state index is 12.9. The molecule has 0 saturated carbocycles.